The van der Waals surface area contributed by atoms with Gasteiger partial charge in [-0.25, -0.2) is 0 Å². The predicted molar refractivity (Wildman–Crippen MR) is 36.0 cm³/mol. The molecule has 0 N–H and O–H groups in total. The van der Waals surface area contributed by atoms with Gasteiger partial charge in [0.05, 0.1) is 13.5 Å². The van der Waals surface area contributed by atoms with Crippen LogP contribution in [0.3, 0.4) is 0 Å². The number of methoxy groups -OCH3 is 1. The molecule has 0 spiro atoms. The molecule has 0 saturated carbocycles. The number of carbonyl (C=O) groups excluding carboxylic acids is 1. The molecule has 0 aliphatic rings. The molecular weight excluding hydrogens is 116 g/mol. The van der Waals surface area contributed by atoms with Gasteiger partial charge in [0.1, 0.15) is 0 Å². The molecule has 0 radical (unpaired) electrons. The molecule has 0 saturated heterocycles. The van der Waals surface area contributed by atoms with E-state index in [1.54, 1.807) is 0 Å². The number of carbonyl (C=O) groups is 1. The van der Waals surface area contributed by atoms with Crippen LogP contribution in [0, 0.1) is 0 Å². The highest BCUT2D eigenvalue weighted by Gasteiger charge is 1.98. The van der Waals surface area contributed by atoms with E-state index in [9.17, 15) is 4.79 Å². The number of ether oxygens (including phenoxy) is 1. The highest BCUT2D eigenvalue weighted by molar-refractivity contribution is 5.72. The van der Waals surface area contributed by atoms with Crippen LogP contribution in [0.15, 0.2) is 24.8 Å². The third-order valence-electron chi connectivity index (χ3n) is 0.888. The molecule has 2 nitrogen and oxygen atoms in total. The fraction of sp³-hybridized carbons (Fsp3) is 0.286. The van der Waals surface area contributed by atoms with Crippen molar-refractivity contribution in [3.63, 3.8) is 0 Å². The lowest BCUT2D eigenvalue weighted by molar-refractivity contribution is -0.139. The van der Waals surface area contributed by atoms with E-state index in [2.05, 4.69) is 17.9 Å². The van der Waals surface area contributed by atoms with E-state index in [-0.39, 0.29) is 12.4 Å². The second-order valence-electron chi connectivity index (χ2n) is 1.62. The Balaban J connectivity index is 3.59. The summed E-state index contributed by atoms with van der Waals surface area (Å²) >= 11 is 0. The summed E-state index contributed by atoms with van der Waals surface area (Å²) < 4.78 is 4.38. The van der Waals surface area contributed by atoms with Crippen molar-refractivity contribution in [1.29, 1.82) is 0 Å². The maximum Gasteiger partial charge on any atom is 0.309 e. The Morgan fingerprint density at radius 2 is 2.33 bits per heavy atom. The van der Waals surface area contributed by atoms with Crippen LogP contribution in [-0.2, 0) is 9.53 Å². The van der Waals surface area contributed by atoms with Crippen molar-refractivity contribution in [3.05, 3.63) is 24.8 Å². The van der Waals surface area contributed by atoms with Gasteiger partial charge in [0, 0.05) is 0 Å². The first-order valence-corrected chi connectivity index (χ1v) is 2.57. The molecule has 50 valence electrons. The van der Waals surface area contributed by atoms with E-state index in [1.165, 1.54) is 13.2 Å². The maximum absolute atomic E-state index is 10.5. The van der Waals surface area contributed by atoms with E-state index in [4.69, 9.17) is 0 Å². The van der Waals surface area contributed by atoms with Gasteiger partial charge >= 0.3 is 5.97 Å². The van der Waals surface area contributed by atoms with Crippen LogP contribution in [-0.4, -0.2) is 13.1 Å². The highest BCUT2D eigenvalue weighted by Crippen LogP contribution is 1.98. The van der Waals surface area contributed by atoms with E-state index < -0.39 is 0 Å². The number of hydrogen-bond acceptors (Lipinski definition) is 2. The molecule has 0 fully saturated rings. The fourth-order valence-corrected chi connectivity index (χ4v) is 0.330. The molecule has 0 aromatic carbocycles. The quantitative estimate of drug-likeness (QED) is 0.420. The lowest BCUT2D eigenvalue weighted by atomic mass is 10.2. The third-order valence-corrected chi connectivity index (χ3v) is 0.888. The molecule has 2 heteroatoms. The zero-order valence-corrected chi connectivity index (χ0v) is 5.52. The summed E-state index contributed by atoms with van der Waals surface area (Å²) in [6.45, 7) is 6.98. The molecular formula is C7H10O2. The van der Waals surface area contributed by atoms with Crippen LogP contribution in [0.1, 0.15) is 6.42 Å². The first-order valence-electron chi connectivity index (χ1n) is 2.57. The summed E-state index contributed by atoms with van der Waals surface area (Å²) in [5.41, 5.74) is 0.682. The predicted octanol–water partition coefficient (Wildman–Crippen LogP) is 1.29. The summed E-state index contributed by atoms with van der Waals surface area (Å²) in [6.07, 6.45) is 1.77. The minimum atomic E-state index is -0.278. The second-order valence-corrected chi connectivity index (χ2v) is 1.62. The highest BCUT2D eigenvalue weighted by atomic mass is 16.5. The topological polar surface area (TPSA) is 26.3 Å². The first-order chi connectivity index (χ1) is 4.20. The molecule has 9 heavy (non-hydrogen) atoms. The fourth-order valence-electron chi connectivity index (χ4n) is 0.330. The van der Waals surface area contributed by atoms with E-state index >= 15 is 0 Å². The molecule has 0 atom stereocenters. The van der Waals surface area contributed by atoms with Gasteiger partial charge in [0.25, 0.3) is 0 Å². The van der Waals surface area contributed by atoms with Gasteiger partial charge in [0.2, 0.25) is 0 Å². The average molecular weight is 126 g/mol. The van der Waals surface area contributed by atoms with E-state index in [0.717, 1.165) is 0 Å². The Morgan fingerprint density at radius 1 is 1.78 bits per heavy atom. The van der Waals surface area contributed by atoms with E-state index in [0.29, 0.717) is 5.57 Å². The van der Waals surface area contributed by atoms with Gasteiger partial charge in [-0.15, -0.1) is 0 Å². The van der Waals surface area contributed by atoms with Gasteiger partial charge in [-0.3, -0.25) is 4.79 Å². The molecule has 0 amide bonds. The van der Waals surface area contributed by atoms with Crippen molar-refractivity contribution in [3.8, 4) is 0 Å². The van der Waals surface area contributed by atoms with Crippen molar-refractivity contribution in [2.45, 2.75) is 6.42 Å². The molecule has 0 heterocycles. The Kier molecular flexibility index (Phi) is 3.44. The van der Waals surface area contributed by atoms with Crippen molar-refractivity contribution < 1.29 is 9.53 Å². The van der Waals surface area contributed by atoms with E-state index in [1.807, 2.05) is 0 Å². The zero-order chi connectivity index (χ0) is 7.28. The van der Waals surface area contributed by atoms with Crippen LogP contribution in [0.5, 0.6) is 0 Å². The number of esters is 1. The Morgan fingerprint density at radius 3 is 2.67 bits per heavy atom. The lowest BCUT2D eigenvalue weighted by Gasteiger charge is -1.95. The van der Waals surface area contributed by atoms with Gasteiger partial charge in [-0.2, -0.15) is 0 Å². The van der Waals surface area contributed by atoms with Crippen LogP contribution < -0.4 is 0 Å². The number of hydrogen-bond donors (Lipinski definition) is 0. The maximum atomic E-state index is 10.5. The molecule has 0 aromatic heterocycles. The monoisotopic (exact) mass is 126 g/mol. The van der Waals surface area contributed by atoms with Crippen LogP contribution >= 0.6 is 0 Å². The lowest BCUT2D eigenvalue weighted by Crippen LogP contribution is -1.99. The van der Waals surface area contributed by atoms with Gasteiger partial charge in [-0.1, -0.05) is 19.2 Å². The molecule has 0 aliphatic carbocycles. The number of rotatable bonds is 3. The Hall–Kier alpha value is -1.05. The molecule has 0 aliphatic heterocycles. The van der Waals surface area contributed by atoms with Crippen LogP contribution in [0.25, 0.3) is 0 Å². The molecule has 0 aromatic rings. The van der Waals surface area contributed by atoms with Gasteiger partial charge in [-0.05, 0) is 5.57 Å². The minimum Gasteiger partial charge on any atom is -0.469 e. The summed E-state index contributed by atoms with van der Waals surface area (Å²) in [6, 6.07) is 0. The van der Waals surface area contributed by atoms with Crippen LogP contribution in [0.2, 0.25) is 0 Å². The summed E-state index contributed by atoms with van der Waals surface area (Å²) in [4.78, 5) is 10.5. The van der Waals surface area contributed by atoms with Gasteiger partial charge < -0.3 is 4.74 Å². The van der Waals surface area contributed by atoms with Crippen molar-refractivity contribution >= 4 is 5.97 Å². The normalized spacial score (nSPS) is 8.11. The van der Waals surface area contributed by atoms with Crippen molar-refractivity contribution in [1.82, 2.24) is 0 Å². The summed E-state index contributed by atoms with van der Waals surface area (Å²) in [5, 5.41) is 0. The largest absolute Gasteiger partial charge is 0.469 e. The molecule has 0 rings (SSSR count). The minimum absolute atomic E-state index is 0.236. The molecule has 0 bridgehead atoms. The second kappa shape index (κ2) is 3.89. The summed E-state index contributed by atoms with van der Waals surface area (Å²) in [7, 11) is 1.35. The van der Waals surface area contributed by atoms with Crippen molar-refractivity contribution in [2.24, 2.45) is 0 Å². The van der Waals surface area contributed by atoms with Gasteiger partial charge in [0.15, 0.2) is 0 Å². The smallest absolute Gasteiger partial charge is 0.309 e. The van der Waals surface area contributed by atoms with Crippen LogP contribution in [0.4, 0.5) is 0 Å². The molecule has 0 unspecified atom stereocenters. The Bertz CT molecular complexity index is 136. The summed E-state index contributed by atoms with van der Waals surface area (Å²) in [5.74, 6) is -0.278. The number of allylic oxidation sites excluding steroid dienone is 1. The standard InChI is InChI=1S/C7H10O2/c1-4-6(2)5-7(8)9-3/h4H,1-2,5H2,3H3. The SMILES string of the molecule is C=CC(=C)CC(=O)OC. The van der Waals surface area contributed by atoms with Crippen molar-refractivity contribution in [2.75, 3.05) is 7.11 Å². The average Bonchev–Trinajstić information content (AvgIpc) is 1.87. The third kappa shape index (κ3) is 3.53. The Labute approximate surface area is 54.8 Å². The first kappa shape index (κ1) is 7.95. The zero-order valence-electron chi connectivity index (χ0n) is 5.52.